The minimum absolute atomic E-state index is 0.0110. The maximum atomic E-state index is 13.5. The van der Waals surface area contributed by atoms with Crippen LogP contribution in [0.25, 0.3) is 11.1 Å². The number of urea groups is 2. The van der Waals surface area contributed by atoms with Crippen molar-refractivity contribution >= 4 is 33.3 Å². The summed E-state index contributed by atoms with van der Waals surface area (Å²) in [5.41, 5.74) is 3.35. The number of methoxy groups -OCH3 is 1. The van der Waals surface area contributed by atoms with Crippen molar-refractivity contribution in [1.82, 2.24) is 10.6 Å². The zero-order valence-corrected chi connectivity index (χ0v) is 19.8. The predicted octanol–water partition coefficient (Wildman–Crippen LogP) is 3.37. The molecule has 1 unspecified atom stereocenters. The number of fused-ring (bicyclic) bond motifs is 1. The molecule has 0 saturated carbocycles. The molecule has 3 N–H and O–H groups in total. The van der Waals surface area contributed by atoms with Gasteiger partial charge in [-0.1, -0.05) is 30.3 Å². The Bertz CT molecular complexity index is 1390. The van der Waals surface area contributed by atoms with E-state index in [4.69, 9.17) is 4.74 Å². The molecule has 0 spiro atoms. The van der Waals surface area contributed by atoms with Crippen LogP contribution in [-0.4, -0.2) is 46.1 Å². The fourth-order valence-corrected chi connectivity index (χ4v) is 6.13. The molecule has 4 amide bonds. The number of carbonyl (C=O) groups is 2. The molecule has 10 heteroatoms. The van der Waals surface area contributed by atoms with Gasteiger partial charge in [-0.2, -0.15) is 0 Å². The van der Waals surface area contributed by atoms with Crippen LogP contribution in [-0.2, 0) is 16.3 Å². The van der Waals surface area contributed by atoms with Crippen molar-refractivity contribution in [2.45, 2.75) is 16.7 Å². The Balaban J connectivity index is 1.53. The summed E-state index contributed by atoms with van der Waals surface area (Å²) in [6.45, 7) is 0.394. The van der Waals surface area contributed by atoms with Gasteiger partial charge < -0.3 is 20.7 Å². The first-order valence-corrected chi connectivity index (χ1v) is 12.7. The number of rotatable bonds is 5. The van der Waals surface area contributed by atoms with Crippen LogP contribution in [0.4, 0.5) is 21.0 Å². The lowest BCUT2D eigenvalue weighted by atomic mass is 9.98. The fourth-order valence-electron chi connectivity index (χ4n) is 4.47. The third-order valence-corrected chi connectivity index (χ3v) is 8.18. The van der Waals surface area contributed by atoms with Crippen LogP contribution in [0.2, 0.25) is 0 Å². The van der Waals surface area contributed by atoms with Gasteiger partial charge in [-0.15, -0.1) is 0 Å². The van der Waals surface area contributed by atoms with Gasteiger partial charge in [0.1, 0.15) is 5.75 Å². The van der Waals surface area contributed by atoms with E-state index in [9.17, 15) is 18.0 Å². The SMILES string of the molecule is COc1ccc(NC(=O)N2CCc3c2ccc(S(=O)(=O)C2CNC(=O)N2)c3-c2ccccc2)cc1. The minimum Gasteiger partial charge on any atom is -0.497 e. The van der Waals surface area contributed by atoms with E-state index in [2.05, 4.69) is 16.0 Å². The lowest BCUT2D eigenvalue weighted by Gasteiger charge is -2.21. The zero-order valence-electron chi connectivity index (χ0n) is 18.9. The molecular weight excluding hydrogens is 468 g/mol. The van der Waals surface area contributed by atoms with Crippen LogP contribution in [0.15, 0.2) is 71.6 Å². The third kappa shape index (κ3) is 4.17. The molecule has 2 aliphatic rings. The van der Waals surface area contributed by atoms with Gasteiger partial charge in [-0.3, -0.25) is 4.90 Å². The van der Waals surface area contributed by atoms with Crippen molar-refractivity contribution in [1.29, 1.82) is 0 Å². The van der Waals surface area contributed by atoms with Crippen molar-refractivity contribution in [2.24, 2.45) is 0 Å². The average molecular weight is 493 g/mol. The lowest BCUT2D eigenvalue weighted by molar-refractivity contribution is 0.248. The molecule has 3 aromatic rings. The normalized spacial score (nSPS) is 16.9. The molecule has 1 saturated heterocycles. The van der Waals surface area contributed by atoms with Crippen molar-refractivity contribution < 1.29 is 22.7 Å². The second-order valence-corrected chi connectivity index (χ2v) is 10.3. The van der Waals surface area contributed by atoms with Crippen molar-refractivity contribution in [3.8, 4) is 16.9 Å². The molecule has 2 aliphatic heterocycles. The van der Waals surface area contributed by atoms with Gasteiger partial charge in [0.2, 0.25) is 9.84 Å². The van der Waals surface area contributed by atoms with E-state index < -0.39 is 21.2 Å². The van der Waals surface area contributed by atoms with Gasteiger partial charge in [-0.05, 0) is 53.9 Å². The monoisotopic (exact) mass is 492 g/mol. The highest BCUT2D eigenvalue weighted by molar-refractivity contribution is 7.92. The van der Waals surface area contributed by atoms with Crippen LogP contribution in [0.3, 0.4) is 0 Å². The van der Waals surface area contributed by atoms with E-state index in [1.54, 1.807) is 42.3 Å². The number of ether oxygens (including phenoxy) is 1. The Kier molecular flexibility index (Phi) is 5.81. The van der Waals surface area contributed by atoms with Crippen LogP contribution >= 0.6 is 0 Å². The number of nitrogens with one attached hydrogen (secondary N) is 3. The number of hydrogen-bond donors (Lipinski definition) is 3. The summed E-state index contributed by atoms with van der Waals surface area (Å²) in [7, 11) is -2.32. The third-order valence-electron chi connectivity index (χ3n) is 6.20. The second kappa shape index (κ2) is 8.95. The number of anilines is 2. The summed E-state index contributed by atoms with van der Waals surface area (Å²) in [6, 6.07) is 18.6. The lowest BCUT2D eigenvalue weighted by Crippen LogP contribution is -2.35. The number of benzene rings is 3. The molecule has 1 atom stereocenters. The Labute approximate surface area is 203 Å². The van der Waals surface area contributed by atoms with Gasteiger partial charge in [0.25, 0.3) is 0 Å². The maximum absolute atomic E-state index is 13.5. The number of nitrogens with zero attached hydrogens (tertiary/aromatic N) is 1. The first kappa shape index (κ1) is 22.7. The van der Waals surface area contributed by atoms with Gasteiger partial charge in [0, 0.05) is 23.5 Å². The Morgan fingerprint density at radius 1 is 1.06 bits per heavy atom. The van der Waals surface area contributed by atoms with E-state index in [1.807, 2.05) is 30.3 Å². The zero-order chi connectivity index (χ0) is 24.6. The summed E-state index contributed by atoms with van der Waals surface area (Å²) >= 11 is 0. The first-order chi connectivity index (χ1) is 16.9. The summed E-state index contributed by atoms with van der Waals surface area (Å²) in [5.74, 6) is 0.685. The highest BCUT2D eigenvalue weighted by Gasteiger charge is 2.38. The molecule has 5 rings (SSSR count). The molecule has 2 heterocycles. The van der Waals surface area contributed by atoms with Crippen molar-refractivity contribution in [2.75, 3.05) is 30.4 Å². The average Bonchev–Trinajstić information content (AvgIpc) is 3.51. The fraction of sp³-hybridized carbons (Fsp3) is 0.200. The molecule has 180 valence electrons. The smallest absolute Gasteiger partial charge is 0.326 e. The summed E-state index contributed by atoms with van der Waals surface area (Å²) in [5, 5.41) is 6.81. The molecule has 35 heavy (non-hydrogen) atoms. The summed E-state index contributed by atoms with van der Waals surface area (Å²) in [4.78, 5) is 26.5. The topological polar surface area (TPSA) is 117 Å². The van der Waals surface area contributed by atoms with Crippen LogP contribution < -0.4 is 25.6 Å². The Hall–Kier alpha value is -4.05. The van der Waals surface area contributed by atoms with Crippen LogP contribution in [0, 0.1) is 0 Å². The van der Waals surface area contributed by atoms with Crippen molar-refractivity contribution in [3.63, 3.8) is 0 Å². The first-order valence-electron chi connectivity index (χ1n) is 11.1. The van der Waals surface area contributed by atoms with E-state index in [0.717, 1.165) is 11.1 Å². The molecule has 0 radical (unpaired) electrons. The molecule has 0 aliphatic carbocycles. The van der Waals surface area contributed by atoms with Gasteiger partial charge >= 0.3 is 12.1 Å². The number of hydrogen-bond acceptors (Lipinski definition) is 5. The van der Waals surface area contributed by atoms with E-state index >= 15 is 0 Å². The number of amides is 4. The Morgan fingerprint density at radius 2 is 1.80 bits per heavy atom. The minimum atomic E-state index is -3.89. The number of sulfone groups is 1. The largest absolute Gasteiger partial charge is 0.497 e. The predicted molar refractivity (Wildman–Crippen MR) is 132 cm³/mol. The second-order valence-electron chi connectivity index (χ2n) is 8.25. The van der Waals surface area contributed by atoms with Crippen LogP contribution in [0.1, 0.15) is 5.56 Å². The number of carbonyl (C=O) groups excluding carboxylic acids is 2. The van der Waals surface area contributed by atoms with Gasteiger partial charge in [0.15, 0.2) is 5.37 Å². The molecular formula is C25H24N4O5S. The van der Waals surface area contributed by atoms with E-state index in [1.165, 1.54) is 6.07 Å². The van der Waals surface area contributed by atoms with Gasteiger partial charge in [0.05, 0.1) is 18.6 Å². The molecule has 0 aromatic heterocycles. The van der Waals surface area contributed by atoms with Crippen molar-refractivity contribution in [3.05, 3.63) is 72.3 Å². The van der Waals surface area contributed by atoms with E-state index in [-0.39, 0.29) is 17.5 Å². The maximum Gasteiger partial charge on any atom is 0.326 e. The Morgan fingerprint density at radius 3 is 2.46 bits per heavy atom. The molecule has 3 aromatic carbocycles. The van der Waals surface area contributed by atoms with Crippen LogP contribution in [0.5, 0.6) is 5.75 Å². The van der Waals surface area contributed by atoms with E-state index in [0.29, 0.717) is 35.7 Å². The highest BCUT2D eigenvalue weighted by Crippen LogP contribution is 2.41. The standard InChI is InChI=1S/C25H24N4O5S/c1-34-18-9-7-17(8-10-18)27-25(31)29-14-13-19-20(29)11-12-21(23(19)16-5-3-2-4-6-16)35(32,33)22-15-26-24(30)28-22/h2-12,22H,13-15H2,1H3,(H,27,31)(H2,26,28,30). The quantitative estimate of drug-likeness (QED) is 0.505. The highest BCUT2D eigenvalue weighted by atomic mass is 32.2. The summed E-state index contributed by atoms with van der Waals surface area (Å²) in [6.07, 6.45) is 0.494. The molecule has 0 bridgehead atoms. The molecule has 1 fully saturated rings. The molecule has 9 nitrogen and oxygen atoms in total. The van der Waals surface area contributed by atoms with Gasteiger partial charge in [-0.25, -0.2) is 18.0 Å². The summed E-state index contributed by atoms with van der Waals surface area (Å²) < 4.78 is 32.2.